The van der Waals surface area contributed by atoms with Gasteiger partial charge in [0.15, 0.2) is 5.82 Å². The Morgan fingerprint density at radius 1 is 1.42 bits per heavy atom. The number of nitrogens with zero attached hydrogens (tertiary/aromatic N) is 2. The van der Waals surface area contributed by atoms with Crippen molar-refractivity contribution in [1.82, 2.24) is 9.29 Å². The number of nitrogen functional groups attached to an aromatic ring is 1. The van der Waals surface area contributed by atoms with Crippen LogP contribution in [0.4, 0.5) is 5.82 Å². The Morgan fingerprint density at radius 3 is 2.53 bits per heavy atom. The Balaban J connectivity index is 2.43. The van der Waals surface area contributed by atoms with E-state index >= 15 is 0 Å². The van der Waals surface area contributed by atoms with Crippen molar-refractivity contribution >= 4 is 31.8 Å². The first-order valence-electron chi connectivity index (χ1n) is 5.34. The van der Waals surface area contributed by atoms with Gasteiger partial charge in [-0.15, -0.1) is 0 Å². The third-order valence-electron chi connectivity index (χ3n) is 2.80. The van der Waals surface area contributed by atoms with Crippen molar-refractivity contribution < 1.29 is 18.6 Å². The minimum atomic E-state index is -3.89. The van der Waals surface area contributed by atoms with Gasteiger partial charge in [-0.2, -0.15) is 4.31 Å². The zero-order valence-corrected chi connectivity index (χ0v) is 12.1. The lowest BCUT2D eigenvalue weighted by atomic mass is 10.3. The van der Waals surface area contributed by atoms with Crippen molar-refractivity contribution in [3.63, 3.8) is 0 Å². The Bertz CT molecular complexity index is 572. The zero-order chi connectivity index (χ0) is 14.2. The molecule has 19 heavy (non-hydrogen) atoms. The van der Waals surface area contributed by atoms with Crippen molar-refractivity contribution in [3.05, 3.63) is 16.7 Å². The van der Waals surface area contributed by atoms with Gasteiger partial charge in [0.2, 0.25) is 10.0 Å². The summed E-state index contributed by atoms with van der Waals surface area (Å²) in [5.74, 6) is 5.24. The fraction of sp³-hybridized carbons (Fsp3) is 0.444. The van der Waals surface area contributed by atoms with E-state index in [4.69, 9.17) is 5.84 Å². The van der Waals surface area contributed by atoms with Crippen molar-refractivity contribution in [3.8, 4) is 0 Å². The van der Waals surface area contributed by atoms with E-state index in [2.05, 4.69) is 26.3 Å². The van der Waals surface area contributed by atoms with Crippen LogP contribution < -0.4 is 11.3 Å². The van der Waals surface area contributed by atoms with Gasteiger partial charge >= 0.3 is 0 Å². The second-order valence-electron chi connectivity index (χ2n) is 4.10. The molecule has 1 aliphatic rings. The number of rotatable bonds is 3. The van der Waals surface area contributed by atoms with Crippen LogP contribution >= 0.6 is 15.9 Å². The number of β-amino-alcohol motifs (C(OH)–C–C–N with tert-alkyl or cyclic N) is 2. The van der Waals surface area contributed by atoms with E-state index in [1.807, 2.05) is 0 Å². The van der Waals surface area contributed by atoms with Crippen LogP contribution in [0.1, 0.15) is 0 Å². The maximum Gasteiger partial charge on any atom is 0.247 e. The number of hydrazine groups is 1. The number of sulfonamides is 1. The summed E-state index contributed by atoms with van der Waals surface area (Å²) in [7, 11) is -3.89. The molecule has 0 amide bonds. The number of pyridine rings is 1. The van der Waals surface area contributed by atoms with Crippen LogP contribution in [0.3, 0.4) is 0 Å². The Labute approximate surface area is 118 Å². The molecule has 106 valence electrons. The molecule has 1 aromatic heterocycles. The molecular weight excluding hydrogens is 340 g/mol. The van der Waals surface area contributed by atoms with Crippen molar-refractivity contribution in [2.24, 2.45) is 5.84 Å². The first-order valence-corrected chi connectivity index (χ1v) is 7.58. The average molecular weight is 353 g/mol. The summed E-state index contributed by atoms with van der Waals surface area (Å²) in [5, 5.41) is 18.9. The van der Waals surface area contributed by atoms with Crippen molar-refractivity contribution in [2.75, 3.05) is 18.5 Å². The number of hydrogen-bond acceptors (Lipinski definition) is 7. The SMILES string of the molecule is NNc1ncc(Br)cc1S(=O)(=O)N1CC(O)C(O)C1. The third kappa shape index (κ3) is 2.73. The number of hydrogen-bond donors (Lipinski definition) is 4. The molecule has 1 aliphatic heterocycles. The predicted octanol–water partition coefficient (Wildman–Crippen LogP) is -1.14. The summed E-state index contributed by atoms with van der Waals surface area (Å²) >= 11 is 3.14. The summed E-state index contributed by atoms with van der Waals surface area (Å²) in [6.07, 6.45) is -0.782. The molecule has 2 rings (SSSR count). The zero-order valence-electron chi connectivity index (χ0n) is 9.69. The highest BCUT2D eigenvalue weighted by atomic mass is 79.9. The van der Waals surface area contributed by atoms with Gasteiger partial charge in [0.1, 0.15) is 4.90 Å². The maximum atomic E-state index is 12.4. The highest BCUT2D eigenvalue weighted by Gasteiger charge is 2.38. The van der Waals surface area contributed by atoms with Gasteiger partial charge in [0.05, 0.1) is 12.2 Å². The molecule has 1 saturated heterocycles. The van der Waals surface area contributed by atoms with Crippen LogP contribution in [-0.2, 0) is 10.0 Å². The lowest BCUT2D eigenvalue weighted by Gasteiger charge is -2.17. The van der Waals surface area contributed by atoms with E-state index in [9.17, 15) is 18.6 Å². The normalized spacial score (nSPS) is 24.6. The maximum absolute atomic E-state index is 12.4. The Morgan fingerprint density at radius 2 is 2.00 bits per heavy atom. The highest BCUT2D eigenvalue weighted by molar-refractivity contribution is 9.10. The van der Waals surface area contributed by atoms with Crippen LogP contribution in [0.5, 0.6) is 0 Å². The first kappa shape index (κ1) is 14.6. The quantitative estimate of drug-likeness (QED) is 0.399. The van der Waals surface area contributed by atoms with Crippen molar-refractivity contribution in [1.29, 1.82) is 0 Å². The minimum Gasteiger partial charge on any atom is -0.389 e. The predicted molar refractivity (Wildman–Crippen MR) is 70.5 cm³/mol. The second kappa shape index (κ2) is 5.31. The van der Waals surface area contributed by atoms with Crippen LogP contribution in [0, 0.1) is 0 Å². The lowest BCUT2D eigenvalue weighted by Crippen LogP contribution is -2.31. The molecule has 0 radical (unpaired) electrons. The standard InChI is InChI=1S/C9H13BrN4O4S/c10-5-1-8(9(13-11)12-2-5)19(17,18)14-3-6(15)7(16)4-14/h1-2,6-7,15-16H,3-4,11H2,(H,12,13). The summed E-state index contributed by atoms with van der Waals surface area (Å²) in [4.78, 5) is 3.74. The minimum absolute atomic E-state index is 0.000852. The van der Waals surface area contributed by atoms with E-state index in [0.717, 1.165) is 4.31 Å². The van der Waals surface area contributed by atoms with Gasteiger partial charge in [-0.3, -0.25) is 0 Å². The largest absolute Gasteiger partial charge is 0.389 e. The molecule has 1 aromatic rings. The van der Waals surface area contributed by atoms with Gasteiger partial charge in [-0.1, -0.05) is 0 Å². The van der Waals surface area contributed by atoms with Gasteiger partial charge < -0.3 is 15.6 Å². The van der Waals surface area contributed by atoms with E-state index < -0.39 is 22.2 Å². The molecule has 2 atom stereocenters. The number of aliphatic hydroxyl groups is 2. The third-order valence-corrected chi connectivity index (χ3v) is 5.08. The molecule has 1 fully saturated rings. The van der Waals surface area contributed by atoms with Gasteiger partial charge in [0.25, 0.3) is 0 Å². The Kier molecular flexibility index (Phi) is 4.08. The molecule has 0 aromatic carbocycles. The van der Waals surface area contributed by atoms with Crippen LogP contribution in [-0.4, -0.2) is 53.2 Å². The molecule has 5 N–H and O–H groups in total. The molecule has 2 unspecified atom stereocenters. The van der Waals surface area contributed by atoms with E-state index in [0.29, 0.717) is 4.47 Å². The van der Waals surface area contributed by atoms with Crippen LogP contribution in [0.2, 0.25) is 0 Å². The summed E-state index contributed by atoms with van der Waals surface area (Å²) in [6, 6.07) is 1.36. The van der Waals surface area contributed by atoms with Crippen molar-refractivity contribution in [2.45, 2.75) is 17.1 Å². The highest BCUT2D eigenvalue weighted by Crippen LogP contribution is 2.27. The molecule has 2 heterocycles. The smallest absolute Gasteiger partial charge is 0.247 e. The molecule has 0 aliphatic carbocycles. The molecule has 10 heteroatoms. The Hall–Kier alpha value is -0.780. The van der Waals surface area contributed by atoms with E-state index in [1.165, 1.54) is 12.3 Å². The second-order valence-corrected chi connectivity index (χ2v) is 6.92. The van der Waals surface area contributed by atoms with E-state index in [1.54, 1.807) is 0 Å². The number of nitrogens with two attached hydrogens (primary N) is 1. The monoisotopic (exact) mass is 352 g/mol. The van der Waals surface area contributed by atoms with E-state index in [-0.39, 0.29) is 23.8 Å². The van der Waals surface area contributed by atoms with Crippen LogP contribution in [0.25, 0.3) is 0 Å². The topological polar surface area (TPSA) is 129 Å². The summed E-state index contributed by atoms with van der Waals surface area (Å²) in [6.45, 7) is -0.333. The number of aliphatic hydroxyl groups excluding tert-OH is 2. The number of aromatic nitrogens is 1. The average Bonchev–Trinajstić information content (AvgIpc) is 2.70. The number of anilines is 1. The molecule has 0 spiro atoms. The van der Waals surface area contributed by atoms with Gasteiger partial charge in [-0.25, -0.2) is 19.2 Å². The molecule has 0 bridgehead atoms. The fourth-order valence-corrected chi connectivity index (χ4v) is 3.89. The number of nitrogens with one attached hydrogen (secondary N) is 1. The molecular formula is C9H13BrN4O4S. The lowest BCUT2D eigenvalue weighted by molar-refractivity contribution is 0.0572. The van der Waals surface area contributed by atoms with Gasteiger partial charge in [0, 0.05) is 23.8 Å². The number of halogens is 1. The fourth-order valence-electron chi connectivity index (χ4n) is 1.80. The first-order chi connectivity index (χ1) is 8.86. The summed E-state index contributed by atoms with van der Waals surface area (Å²) in [5.41, 5.74) is 2.21. The molecule has 0 saturated carbocycles. The van der Waals surface area contributed by atoms with Gasteiger partial charge in [-0.05, 0) is 22.0 Å². The molecule has 8 nitrogen and oxygen atoms in total. The summed E-state index contributed by atoms with van der Waals surface area (Å²) < 4.78 is 26.3. The van der Waals surface area contributed by atoms with Crippen LogP contribution in [0.15, 0.2) is 21.6 Å².